The van der Waals surface area contributed by atoms with Gasteiger partial charge >= 0.3 is 0 Å². The molecule has 3 nitrogen and oxygen atoms in total. The summed E-state index contributed by atoms with van der Waals surface area (Å²) in [5.41, 5.74) is 4.94. The molecule has 0 aliphatic rings. The lowest BCUT2D eigenvalue weighted by molar-refractivity contribution is 0.112. The Labute approximate surface area is 117 Å². The van der Waals surface area contributed by atoms with E-state index in [-0.39, 0.29) is 0 Å². The molecular formula is C17H14N2O. The number of carbonyl (C=O) groups excluding carboxylic acids is 1. The van der Waals surface area contributed by atoms with Crippen LogP contribution < -0.4 is 0 Å². The lowest BCUT2D eigenvalue weighted by Crippen LogP contribution is -1.92. The zero-order chi connectivity index (χ0) is 13.9. The van der Waals surface area contributed by atoms with Gasteiger partial charge in [-0.2, -0.15) is 5.10 Å². The maximum absolute atomic E-state index is 10.8. The summed E-state index contributed by atoms with van der Waals surface area (Å²) in [7, 11) is 0. The predicted molar refractivity (Wildman–Crippen MR) is 79.1 cm³/mol. The molecule has 0 amide bonds. The van der Waals surface area contributed by atoms with Crippen molar-refractivity contribution in [3.8, 4) is 16.8 Å². The smallest absolute Gasteiger partial charge is 0.150 e. The van der Waals surface area contributed by atoms with Crippen molar-refractivity contribution in [2.45, 2.75) is 6.92 Å². The first kappa shape index (κ1) is 12.4. The van der Waals surface area contributed by atoms with E-state index in [0.717, 1.165) is 28.7 Å². The number of aryl methyl sites for hydroxylation is 1. The van der Waals surface area contributed by atoms with Crippen molar-refractivity contribution in [3.05, 3.63) is 72.1 Å². The van der Waals surface area contributed by atoms with Crippen molar-refractivity contribution < 1.29 is 4.79 Å². The van der Waals surface area contributed by atoms with Crippen LogP contribution in [-0.2, 0) is 0 Å². The van der Waals surface area contributed by atoms with E-state index in [1.54, 1.807) is 0 Å². The van der Waals surface area contributed by atoms with Gasteiger partial charge in [-0.25, -0.2) is 4.68 Å². The van der Waals surface area contributed by atoms with Gasteiger partial charge in [0.2, 0.25) is 0 Å². The Morgan fingerprint density at radius 3 is 2.60 bits per heavy atom. The maximum atomic E-state index is 10.8. The first-order valence-corrected chi connectivity index (χ1v) is 6.44. The third kappa shape index (κ3) is 2.26. The zero-order valence-corrected chi connectivity index (χ0v) is 11.2. The minimum absolute atomic E-state index is 0.696. The molecule has 0 N–H and O–H groups in total. The normalized spacial score (nSPS) is 10.4. The molecule has 0 radical (unpaired) electrons. The Bertz CT molecular complexity index is 745. The zero-order valence-electron chi connectivity index (χ0n) is 11.2. The van der Waals surface area contributed by atoms with E-state index in [0.29, 0.717) is 5.56 Å². The van der Waals surface area contributed by atoms with Crippen molar-refractivity contribution in [1.82, 2.24) is 9.78 Å². The van der Waals surface area contributed by atoms with E-state index in [1.165, 1.54) is 0 Å². The second-order valence-electron chi connectivity index (χ2n) is 4.70. The molecule has 0 aliphatic carbocycles. The average molecular weight is 262 g/mol. The van der Waals surface area contributed by atoms with Crippen LogP contribution >= 0.6 is 0 Å². The van der Waals surface area contributed by atoms with Crippen molar-refractivity contribution in [2.24, 2.45) is 0 Å². The number of nitrogens with zero attached hydrogens (tertiary/aromatic N) is 2. The highest BCUT2D eigenvalue weighted by atomic mass is 16.1. The van der Waals surface area contributed by atoms with E-state index >= 15 is 0 Å². The molecule has 1 heterocycles. The largest absolute Gasteiger partial charge is 0.298 e. The molecule has 3 aromatic rings. The number of para-hydroxylation sites is 1. The Balaban J connectivity index is 2.00. The van der Waals surface area contributed by atoms with Gasteiger partial charge < -0.3 is 0 Å². The lowest BCUT2D eigenvalue weighted by atomic mass is 10.0. The lowest BCUT2D eigenvalue weighted by Gasteiger charge is -2.03. The molecule has 0 saturated carbocycles. The summed E-state index contributed by atoms with van der Waals surface area (Å²) in [5, 5.41) is 4.39. The number of aldehydes is 1. The van der Waals surface area contributed by atoms with Gasteiger partial charge in [-0.3, -0.25) is 4.79 Å². The number of hydrogen-bond acceptors (Lipinski definition) is 2. The van der Waals surface area contributed by atoms with Gasteiger partial charge in [0, 0.05) is 17.3 Å². The highest BCUT2D eigenvalue weighted by molar-refractivity contribution is 5.78. The van der Waals surface area contributed by atoms with Crippen LogP contribution in [0.25, 0.3) is 16.8 Å². The maximum Gasteiger partial charge on any atom is 0.150 e. The predicted octanol–water partition coefficient (Wildman–Crippen LogP) is 3.66. The van der Waals surface area contributed by atoms with Crippen LogP contribution in [0.5, 0.6) is 0 Å². The van der Waals surface area contributed by atoms with Crippen LogP contribution in [-0.4, -0.2) is 16.1 Å². The number of aromatic nitrogens is 2. The van der Waals surface area contributed by atoms with Gasteiger partial charge in [0.15, 0.2) is 0 Å². The van der Waals surface area contributed by atoms with Crippen molar-refractivity contribution >= 4 is 6.29 Å². The fraction of sp³-hybridized carbons (Fsp3) is 0.0588. The van der Waals surface area contributed by atoms with E-state index in [1.807, 2.05) is 72.5 Å². The molecule has 0 fully saturated rings. The van der Waals surface area contributed by atoms with Gasteiger partial charge in [-0.05, 0) is 36.2 Å². The van der Waals surface area contributed by atoms with E-state index in [2.05, 4.69) is 5.10 Å². The summed E-state index contributed by atoms with van der Waals surface area (Å²) < 4.78 is 1.85. The van der Waals surface area contributed by atoms with Gasteiger partial charge in [-0.15, -0.1) is 0 Å². The second-order valence-corrected chi connectivity index (χ2v) is 4.70. The molecule has 3 heteroatoms. The van der Waals surface area contributed by atoms with E-state index < -0.39 is 0 Å². The molecule has 0 atom stereocenters. The molecule has 0 aliphatic heterocycles. The van der Waals surface area contributed by atoms with Gasteiger partial charge in [0.05, 0.1) is 11.9 Å². The molecule has 0 spiro atoms. The van der Waals surface area contributed by atoms with Crippen LogP contribution in [0, 0.1) is 6.92 Å². The molecule has 20 heavy (non-hydrogen) atoms. The molecule has 0 bridgehead atoms. The Morgan fingerprint density at radius 2 is 1.90 bits per heavy atom. The van der Waals surface area contributed by atoms with Crippen LogP contribution in [0.3, 0.4) is 0 Å². The third-order valence-electron chi connectivity index (χ3n) is 3.30. The summed E-state index contributed by atoms with van der Waals surface area (Å²) in [6.07, 6.45) is 4.71. The number of benzene rings is 2. The summed E-state index contributed by atoms with van der Waals surface area (Å²) >= 11 is 0. The van der Waals surface area contributed by atoms with E-state index in [9.17, 15) is 4.79 Å². The first-order chi connectivity index (χ1) is 9.78. The first-order valence-electron chi connectivity index (χ1n) is 6.44. The number of carbonyl (C=O) groups is 1. The summed E-state index contributed by atoms with van der Waals surface area (Å²) in [4.78, 5) is 10.8. The van der Waals surface area contributed by atoms with Crippen LogP contribution in [0.2, 0.25) is 0 Å². The molecule has 0 saturated heterocycles. The number of rotatable bonds is 3. The Kier molecular flexibility index (Phi) is 3.17. The summed E-state index contributed by atoms with van der Waals surface area (Å²) in [6, 6.07) is 15.7. The van der Waals surface area contributed by atoms with Crippen LogP contribution in [0.1, 0.15) is 15.9 Å². The highest BCUT2D eigenvalue weighted by Gasteiger charge is 2.06. The summed E-state index contributed by atoms with van der Waals surface area (Å²) in [5.74, 6) is 0. The third-order valence-corrected chi connectivity index (χ3v) is 3.30. The molecule has 98 valence electrons. The molecule has 1 aromatic heterocycles. The molecule has 2 aromatic carbocycles. The standard InChI is InChI=1S/C17H14N2O/c1-13-9-14(12-20)7-8-17(13)15-10-18-19(11-15)16-5-3-2-4-6-16/h2-12H,1H3. The minimum Gasteiger partial charge on any atom is -0.298 e. The quantitative estimate of drug-likeness (QED) is 0.675. The SMILES string of the molecule is Cc1cc(C=O)ccc1-c1cnn(-c2ccccc2)c1. The van der Waals surface area contributed by atoms with E-state index in [4.69, 9.17) is 0 Å². The fourth-order valence-electron chi connectivity index (χ4n) is 2.27. The molecule has 3 rings (SSSR count). The van der Waals surface area contributed by atoms with Crippen molar-refractivity contribution in [1.29, 1.82) is 0 Å². The Morgan fingerprint density at radius 1 is 1.10 bits per heavy atom. The topological polar surface area (TPSA) is 34.9 Å². The molecule has 0 unspecified atom stereocenters. The Hall–Kier alpha value is -2.68. The van der Waals surface area contributed by atoms with Crippen molar-refractivity contribution in [2.75, 3.05) is 0 Å². The van der Waals surface area contributed by atoms with Crippen LogP contribution in [0.4, 0.5) is 0 Å². The highest BCUT2D eigenvalue weighted by Crippen LogP contribution is 2.24. The fourth-order valence-corrected chi connectivity index (χ4v) is 2.27. The van der Waals surface area contributed by atoms with Gasteiger partial charge in [0.25, 0.3) is 0 Å². The van der Waals surface area contributed by atoms with Gasteiger partial charge in [0.1, 0.15) is 6.29 Å². The number of hydrogen-bond donors (Lipinski definition) is 0. The molecular weight excluding hydrogens is 248 g/mol. The summed E-state index contributed by atoms with van der Waals surface area (Å²) in [6.45, 7) is 2.00. The monoisotopic (exact) mass is 262 g/mol. The van der Waals surface area contributed by atoms with Crippen molar-refractivity contribution in [3.63, 3.8) is 0 Å². The second kappa shape index (κ2) is 5.13. The minimum atomic E-state index is 0.696. The van der Waals surface area contributed by atoms with Gasteiger partial charge in [-0.1, -0.05) is 30.3 Å². The van der Waals surface area contributed by atoms with Crippen LogP contribution in [0.15, 0.2) is 60.9 Å². The average Bonchev–Trinajstić information content (AvgIpc) is 2.97.